The quantitative estimate of drug-likeness (QED) is 0.512. The van der Waals surface area contributed by atoms with Gasteiger partial charge < -0.3 is 0 Å². The Morgan fingerprint density at radius 3 is 1.86 bits per heavy atom. The zero-order chi connectivity index (χ0) is 11.1. The molecular weight excluding hydrogens is 168 g/mol. The molecule has 0 aliphatic heterocycles. The maximum Gasteiger partial charge on any atom is -0.0257 e. The summed E-state index contributed by atoms with van der Waals surface area (Å²) < 4.78 is 0. The standard InChI is InChI=1S/C14H28/c1-7-9-14(12(5)6)13(8-2)10-11(3)4/h11-12H,7-10H2,1-6H3/b14-13-. The van der Waals surface area contributed by atoms with Gasteiger partial charge in [-0.2, -0.15) is 0 Å². The highest BCUT2D eigenvalue weighted by Crippen LogP contribution is 2.26. The first kappa shape index (κ1) is 13.7. The molecule has 0 aliphatic carbocycles. The molecule has 0 radical (unpaired) electrons. The molecule has 14 heavy (non-hydrogen) atoms. The summed E-state index contributed by atoms with van der Waals surface area (Å²) in [5, 5.41) is 0. The fourth-order valence-corrected chi connectivity index (χ4v) is 2.14. The molecule has 0 bridgehead atoms. The van der Waals surface area contributed by atoms with Crippen LogP contribution in [0, 0.1) is 11.8 Å². The summed E-state index contributed by atoms with van der Waals surface area (Å²) in [5.74, 6) is 1.54. The average Bonchev–Trinajstić information content (AvgIpc) is 2.10. The van der Waals surface area contributed by atoms with Crippen molar-refractivity contribution < 1.29 is 0 Å². The van der Waals surface area contributed by atoms with Crippen LogP contribution in [0.3, 0.4) is 0 Å². The van der Waals surface area contributed by atoms with Crippen LogP contribution in [0.5, 0.6) is 0 Å². The van der Waals surface area contributed by atoms with E-state index in [4.69, 9.17) is 0 Å². The SMILES string of the molecule is CCC/C(=C(\CC)CC(C)C)C(C)C. The lowest BCUT2D eigenvalue weighted by Crippen LogP contribution is -2.02. The van der Waals surface area contributed by atoms with Crippen LogP contribution in [0.25, 0.3) is 0 Å². The molecule has 0 aromatic heterocycles. The van der Waals surface area contributed by atoms with Crippen molar-refractivity contribution in [3.63, 3.8) is 0 Å². The minimum absolute atomic E-state index is 0.739. The Morgan fingerprint density at radius 2 is 1.57 bits per heavy atom. The zero-order valence-electron chi connectivity index (χ0n) is 11.0. The van der Waals surface area contributed by atoms with Crippen molar-refractivity contribution in [1.82, 2.24) is 0 Å². The van der Waals surface area contributed by atoms with Gasteiger partial charge in [0.15, 0.2) is 0 Å². The molecule has 0 spiro atoms. The molecule has 0 saturated carbocycles. The molecule has 0 nitrogen and oxygen atoms in total. The van der Waals surface area contributed by atoms with Crippen molar-refractivity contribution in [2.24, 2.45) is 11.8 Å². The highest BCUT2D eigenvalue weighted by atomic mass is 14.2. The molecule has 84 valence electrons. The van der Waals surface area contributed by atoms with Crippen LogP contribution < -0.4 is 0 Å². The number of hydrogen-bond donors (Lipinski definition) is 0. The van der Waals surface area contributed by atoms with E-state index in [0.29, 0.717) is 0 Å². The average molecular weight is 196 g/mol. The van der Waals surface area contributed by atoms with Crippen molar-refractivity contribution >= 4 is 0 Å². The van der Waals surface area contributed by atoms with E-state index in [9.17, 15) is 0 Å². The fraction of sp³-hybridized carbons (Fsp3) is 0.857. The Hall–Kier alpha value is -0.260. The first-order valence-corrected chi connectivity index (χ1v) is 6.23. The van der Waals surface area contributed by atoms with Gasteiger partial charge in [-0.1, -0.05) is 59.1 Å². The van der Waals surface area contributed by atoms with Crippen LogP contribution in [0.15, 0.2) is 11.1 Å². The van der Waals surface area contributed by atoms with Gasteiger partial charge in [-0.25, -0.2) is 0 Å². The topological polar surface area (TPSA) is 0 Å². The van der Waals surface area contributed by atoms with Crippen LogP contribution in [0.4, 0.5) is 0 Å². The third-order valence-corrected chi connectivity index (χ3v) is 2.75. The second kappa shape index (κ2) is 7.09. The minimum atomic E-state index is 0.739. The van der Waals surface area contributed by atoms with Crippen LogP contribution in [0.1, 0.15) is 67.2 Å². The lowest BCUT2D eigenvalue weighted by atomic mass is 9.88. The predicted octanol–water partition coefficient (Wildman–Crippen LogP) is 5.20. The summed E-state index contributed by atoms with van der Waals surface area (Å²) in [5.41, 5.74) is 3.44. The predicted molar refractivity (Wildman–Crippen MR) is 66.5 cm³/mol. The van der Waals surface area contributed by atoms with Gasteiger partial charge >= 0.3 is 0 Å². The lowest BCUT2D eigenvalue weighted by molar-refractivity contribution is 0.598. The van der Waals surface area contributed by atoms with Gasteiger partial charge in [-0.15, -0.1) is 0 Å². The summed E-state index contributed by atoms with van der Waals surface area (Å²) in [6.45, 7) is 13.9. The summed E-state index contributed by atoms with van der Waals surface area (Å²) in [4.78, 5) is 0. The molecule has 0 N–H and O–H groups in total. The van der Waals surface area contributed by atoms with Crippen molar-refractivity contribution in [1.29, 1.82) is 0 Å². The molecule has 0 fully saturated rings. The Bertz CT molecular complexity index is 172. The molecule has 0 saturated heterocycles. The summed E-state index contributed by atoms with van der Waals surface area (Å²) >= 11 is 0. The van der Waals surface area contributed by atoms with E-state index in [-0.39, 0.29) is 0 Å². The molecular formula is C14H28. The molecule has 0 aliphatic rings. The second-order valence-electron chi connectivity index (χ2n) is 4.99. The van der Waals surface area contributed by atoms with E-state index in [2.05, 4.69) is 41.5 Å². The Morgan fingerprint density at radius 1 is 1.00 bits per heavy atom. The Kier molecular flexibility index (Phi) is 6.96. The minimum Gasteiger partial charge on any atom is -0.0708 e. The highest BCUT2D eigenvalue weighted by Gasteiger charge is 2.09. The van der Waals surface area contributed by atoms with E-state index in [1.54, 1.807) is 11.1 Å². The molecule has 0 heteroatoms. The van der Waals surface area contributed by atoms with E-state index in [1.165, 1.54) is 25.7 Å². The van der Waals surface area contributed by atoms with Gasteiger partial charge in [0.2, 0.25) is 0 Å². The second-order valence-corrected chi connectivity index (χ2v) is 4.99. The largest absolute Gasteiger partial charge is 0.0708 e. The smallest absolute Gasteiger partial charge is 0.0257 e. The molecule has 0 aromatic carbocycles. The maximum absolute atomic E-state index is 2.33. The fourth-order valence-electron chi connectivity index (χ4n) is 2.14. The normalized spacial score (nSPS) is 13.7. The molecule has 0 unspecified atom stereocenters. The number of allylic oxidation sites excluding steroid dienone is 2. The van der Waals surface area contributed by atoms with Gasteiger partial charge in [-0.05, 0) is 31.1 Å². The first-order chi connectivity index (χ1) is 6.52. The van der Waals surface area contributed by atoms with Crippen molar-refractivity contribution in [3.8, 4) is 0 Å². The van der Waals surface area contributed by atoms with E-state index < -0.39 is 0 Å². The summed E-state index contributed by atoms with van der Waals surface area (Å²) in [6.07, 6.45) is 5.12. The molecule has 0 heterocycles. The van der Waals surface area contributed by atoms with Crippen LogP contribution >= 0.6 is 0 Å². The van der Waals surface area contributed by atoms with E-state index in [1.807, 2.05) is 0 Å². The molecule has 0 amide bonds. The van der Waals surface area contributed by atoms with Gasteiger partial charge in [0.25, 0.3) is 0 Å². The zero-order valence-corrected chi connectivity index (χ0v) is 11.0. The molecule has 0 atom stereocenters. The molecule has 0 rings (SSSR count). The summed E-state index contributed by atoms with van der Waals surface area (Å²) in [6, 6.07) is 0. The van der Waals surface area contributed by atoms with Gasteiger partial charge in [-0.3, -0.25) is 0 Å². The lowest BCUT2D eigenvalue weighted by Gasteiger charge is -2.18. The highest BCUT2D eigenvalue weighted by molar-refractivity contribution is 5.16. The third-order valence-electron chi connectivity index (χ3n) is 2.75. The first-order valence-electron chi connectivity index (χ1n) is 6.23. The van der Waals surface area contributed by atoms with E-state index in [0.717, 1.165) is 11.8 Å². The molecule has 0 aromatic rings. The third kappa shape index (κ3) is 4.83. The van der Waals surface area contributed by atoms with Crippen LogP contribution in [-0.4, -0.2) is 0 Å². The Balaban J connectivity index is 4.68. The van der Waals surface area contributed by atoms with Gasteiger partial charge in [0.05, 0.1) is 0 Å². The number of hydrogen-bond acceptors (Lipinski definition) is 0. The number of rotatable bonds is 6. The Labute approximate surface area is 90.8 Å². The van der Waals surface area contributed by atoms with Gasteiger partial charge in [0, 0.05) is 0 Å². The van der Waals surface area contributed by atoms with Crippen molar-refractivity contribution in [2.75, 3.05) is 0 Å². The van der Waals surface area contributed by atoms with Crippen molar-refractivity contribution in [3.05, 3.63) is 11.1 Å². The van der Waals surface area contributed by atoms with Crippen molar-refractivity contribution in [2.45, 2.75) is 67.2 Å². The monoisotopic (exact) mass is 196 g/mol. The van der Waals surface area contributed by atoms with Crippen LogP contribution in [0.2, 0.25) is 0 Å². The van der Waals surface area contributed by atoms with Gasteiger partial charge in [0.1, 0.15) is 0 Å². The summed E-state index contributed by atoms with van der Waals surface area (Å²) in [7, 11) is 0. The van der Waals surface area contributed by atoms with E-state index >= 15 is 0 Å². The maximum atomic E-state index is 2.33. The van der Waals surface area contributed by atoms with Crippen LogP contribution in [-0.2, 0) is 0 Å².